The number of likely N-dealkylation sites (N-methyl/N-ethyl adjacent to an activating group) is 1. The normalized spacial score (nSPS) is 20.6. The predicted molar refractivity (Wildman–Crippen MR) is 79.5 cm³/mol. The zero-order valence-electron chi connectivity index (χ0n) is 12.1. The van der Waals surface area contributed by atoms with Crippen molar-refractivity contribution in [3.8, 4) is 0 Å². The van der Waals surface area contributed by atoms with Crippen molar-refractivity contribution in [2.45, 2.75) is 45.2 Å². The Morgan fingerprint density at radius 2 is 2.30 bits per heavy atom. The lowest BCUT2D eigenvalue weighted by Gasteiger charge is -2.34. The number of hydrogen-bond donors (Lipinski definition) is 1. The molecule has 0 aromatic carbocycles. The fraction of sp³-hybridized carbons (Fsp3) is 0.600. The van der Waals surface area contributed by atoms with E-state index in [9.17, 15) is 0 Å². The summed E-state index contributed by atoms with van der Waals surface area (Å²) >= 11 is 0. The Labute approximate surface area is 119 Å². The van der Waals surface area contributed by atoms with Crippen LogP contribution in [-0.4, -0.2) is 38.6 Å². The van der Waals surface area contributed by atoms with Crippen molar-refractivity contribution in [3.63, 3.8) is 0 Å². The van der Waals surface area contributed by atoms with Gasteiger partial charge in [0, 0.05) is 30.8 Å². The van der Waals surface area contributed by atoms with Crippen LogP contribution in [0.1, 0.15) is 37.6 Å². The number of piperidine rings is 1. The third-order valence-corrected chi connectivity index (χ3v) is 4.28. The number of likely N-dealkylation sites (tertiary alicyclic amines) is 1. The van der Waals surface area contributed by atoms with Gasteiger partial charge in [-0.3, -0.25) is 0 Å². The summed E-state index contributed by atoms with van der Waals surface area (Å²) in [4.78, 5) is 7.25. The molecule has 3 rings (SSSR count). The molecule has 0 saturated carbocycles. The maximum atomic E-state index is 5.76. The van der Waals surface area contributed by atoms with Gasteiger partial charge < -0.3 is 10.6 Å². The minimum atomic E-state index is 0.507. The van der Waals surface area contributed by atoms with Gasteiger partial charge in [0.05, 0.1) is 0 Å². The molecule has 1 aliphatic heterocycles. The van der Waals surface area contributed by atoms with Gasteiger partial charge in [0.15, 0.2) is 11.5 Å². The summed E-state index contributed by atoms with van der Waals surface area (Å²) < 4.78 is 1.86. The van der Waals surface area contributed by atoms with E-state index in [4.69, 9.17) is 10.7 Å². The molecule has 0 bridgehead atoms. The van der Waals surface area contributed by atoms with Gasteiger partial charge in [-0.1, -0.05) is 19.4 Å². The first-order chi connectivity index (χ1) is 9.81. The second-order valence-corrected chi connectivity index (χ2v) is 5.52. The van der Waals surface area contributed by atoms with Crippen molar-refractivity contribution in [1.29, 1.82) is 0 Å². The zero-order valence-corrected chi connectivity index (χ0v) is 12.1. The first-order valence-corrected chi connectivity index (χ1v) is 7.59. The molecule has 108 valence electrons. The molecule has 1 fully saturated rings. The first kappa shape index (κ1) is 13.5. The maximum absolute atomic E-state index is 5.76. The molecule has 1 unspecified atom stereocenters. The highest BCUT2D eigenvalue weighted by atomic mass is 15.3. The number of nitrogens with two attached hydrogens (primary N) is 1. The Bertz CT molecular complexity index is 577. The standard InChI is InChI=1S/C15H23N5/c1-2-19-8-4-3-7-13(19)10-14-17-15-12(11-16)6-5-9-20(15)18-14/h5-6,9,13H,2-4,7-8,10-11,16H2,1H3. The topological polar surface area (TPSA) is 59.5 Å². The van der Waals surface area contributed by atoms with E-state index in [-0.39, 0.29) is 0 Å². The van der Waals surface area contributed by atoms with E-state index in [2.05, 4.69) is 16.9 Å². The van der Waals surface area contributed by atoms with E-state index < -0.39 is 0 Å². The predicted octanol–water partition coefficient (Wildman–Crippen LogP) is 1.60. The van der Waals surface area contributed by atoms with Crippen molar-refractivity contribution >= 4 is 5.65 Å². The van der Waals surface area contributed by atoms with Gasteiger partial charge in [-0.05, 0) is 32.0 Å². The first-order valence-electron chi connectivity index (χ1n) is 7.59. The molecule has 2 aromatic rings. The van der Waals surface area contributed by atoms with Crippen LogP contribution in [0.25, 0.3) is 5.65 Å². The van der Waals surface area contributed by atoms with E-state index in [1.807, 2.05) is 22.8 Å². The lowest BCUT2D eigenvalue weighted by Crippen LogP contribution is -2.40. The van der Waals surface area contributed by atoms with Crippen molar-refractivity contribution in [2.75, 3.05) is 13.1 Å². The van der Waals surface area contributed by atoms with Crippen LogP contribution >= 0.6 is 0 Å². The van der Waals surface area contributed by atoms with Gasteiger partial charge in [0.2, 0.25) is 0 Å². The lowest BCUT2D eigenvalue weighted by atomic mass is 9.99. The molecule has 20 heavy (non-hydrogen) atoms. The largest absolute Gasteiger partial charge is 0.326 e. The van der Waals surface area contributed by atoms with Crippen LogP contribution in [0.4, 0.5) is 0 Å². The Balaban J connectivity index is 1.83. The molecule has 0 radical (unpaired) electrons. The van der Waals surface area contributed by atoms with Gasteiger partial charge in [-0.25, -0.2) is 9.50 Å². The SMILES string of the molecule is CCN1CCCCC1Cc1nc2c(CN)cccn2n1. The van der Waals surface area contributed by atoms with Crippen LogP contribution in [-0.2, 0) is 13.0 Å². The third kappa shape index (κ3) is 2.55. The number of aromatic nitrogens is 3. The van der Waals surface area contributed by atoms with Crippen LogP contribution in [0.15, 0.2) is 18.3 Å². The highest BCUT2D eigenvalue weighted by molar-refractivity contribution is 5.46. The average Bonchev–Trinajstić information content (AvgIpc) is 2.90. The zero-order chi connectivity index (χ0) is 13.9. The quantitative estimate of drug-likeness (QED) is 0.919. The Morgan fingerprint density at radius 1 is 1.40 bits per heavy atom. The van der Waals surface area contributed by atoms with E-state index in [0.29, 0.717) is 12.6 Å². The van der Waals surface area contributed by atoms with Crippen LogP contribution in [0.3, 0.4) is 0 Å². The monoisotopic (exact) mass is 273 g/mol. The Kier molecular flexibility index (Phi) is 3.98. The van der Waals surface area contributed by atoms with E-state index in [0.717, 1.165) is 30.0 Å². The summed E-state index contributed by atoms with van der Waals surface area (Å²) in [6, 6.07) is 4.59. The molecule has 5 heteroatoms. The summed E-state index contributed by atoms with van der Waals surface area (Å²) in [6.07, 6.45) is 6.79. The summed E-state index contributed by atoms with van der Waals surface area (Å²) in [5, 5.41) is 4.61. The maximum Gasteiger partial charge on any atom is 0.160 e. The second kappa shape index (κ2) is 5.89. The number of rotatable bonds is 4. The molecule has 1 aliphatic rings. The van der Waals surface area contributed by atoms with Crippen molar-refractivity contribution in [3.05, 3.63) is 29.7 Å². The van der Waals surface area contributed by atoms with Gasteiger partial charge >= 0.3 is 0 Å². The van der Waals surface area contributed by atoms with Gasteiger partial charge in [-0.2, -0.15) is 5.10 Å². The number of hydrogen-bond acceptors (Lipinski definition) is 4. The van der Waals surface area contributed by atoms with Crippen LogP contribution < -0.4 is 5.73 Å². The number of nitrogens with zero attached hydrogens (tertiary/aromatic N) is 4. The lowest BCUT2D eigenvalue weighted by molar-refractivity contribution is 0.154. The molecule has 3 heterocycles. The second-order valence-electron chi connectivity index (χ2n) is 5.52. The van der Waals surface area contributed by atoms with E-state index in [1.54, 1.807) is 0 Å². The van der Waals surface area contributed by atoms with Gasteiger partial charge in [0.25, 0.3) is 0 Å². The fourth-order valence-corrected chi connectivity index (χ4v) is 3.17. The highest BCUT2D eigenvalue weighted by Crippen LogP contribution is 2.20. The number of fused-ring (bicyclic) bond motifs is 1. The number of pyridine rings is 1. The third-order valence-electron chi connectivity index (χ3n) is 4.28. The van der Waals surface area contributed by atoms with Gasteiger partial charge in [0.1, 0.15) is 0 Å². The highest BCUT2D eigenvalue weighted by Gasteiger charge is 2.22. The van der Waals surface area contributed by atoms with Crippen molar-refractivity contribution < 1.29 is 0 Å². The van der Waals surface area contributed by atoms with Crippen LogP contribution in [0.2, 0.25) is 0 Å². The Hall–Kier alpha value is -1.46. The molecule has 2 N–H and O–H groups in total. The van der Waals surface area contributed by atoms with Gasteiger partial charge in [-0.15, -0.1) is 0 Å². The molecular weight excluding hydrogens is 250 g/mol. The molecule has 0 amide bonds. The van der Waals surface area contributed by atoms with Crippen LogP contribution in [0.5, 0.6) is 0 Å². The minimum absolute atomic E-state index is 0.507. The molecule has 2 aromatic heterocycles. The summed E-state index contributed by atoms with van der Waals surface area (Å²) in [6.45, 7) is 5.07. The fourth-order valence-electron chi connectivity index (χ4n) is 3.17. The average molecular weight is 273 g/mol. The smallest absolute Gasteiger partial charge is 0.160 e. The van der Waals surface area contributed by atoms with E-state index in [1.165, 1.54) is 25.8 Å². The molecule has 5 nitrogen and oxygen atoms in total. The molecule has 0 aliphatic carbocycles. The van der Waals surface area contributed by atoms with E-state index >= 15 is 0 Å². The van der Waals surface area contributed by atoms with Crippen molar-refractivity contribution in [1.82, 2.24) is 19.5 Å². The van der Waals surface area contributed by atoms with Crippen molar-refractivity contribution in [2.24, 2.45) is 5.73 Å². The molecule has 1 saturated heterocycles. The molecule has 0 spiro atoms. The minimum Gasteiger partial charge on any atom is -0.326 e. The summed E-state index contributed by atoms with van der Waals surface area (Å²) in [7, 11) is 0. The van der Waals surface area contributed by atoms with Crippen LogP contribution in [0, 0.1) is 0 Å². The molecular formula is C15H23N5. The molecule has 1 atom stereocenters. The summed E-state index contributed by atoms with van der Waals surface area (Å²) in [5.41, 5.74) is 7.73. The summed E-state index contributed by atoms with van der Waals surface area (Å²) in [5.74, 6) is 0.941. The Morgan fingerprint density at radius 3 is 3.10 bits per heavy atom.